The number of nitrogens with zero attached hydrogens (tertiary/aromatic N) is 1. The molecule has 1 aromatic carbocycles. The van der Waals surface area contributed by atoms with Gasteiger partial charge in [-0.2, -0.15) is 0 Å². The zero-order chi connectivity index (χ0) is 26.6. The van der Waals surface area contributed by atoms with Crippen LogP contribution < -0.4 is 10.6 Å². The predicted octanol–water partition coefficient (Wildman–Crippen LogP) is 2.96. The molecule has 2 heterocycles. The van der Waals surface area contributed by atoms with E-state index in [1.54, 1.807) is 20.8 Å². The Labute approximate surface area is 218 Å². The fourth-order valence-electron chi connectivity index (χ4n) is 5.17. The number of benzene rings is 1. The summed E-state index contributed by atoms with van der Waals surface area (Å²) in [7, 11) is 0. The Morgan fingerprint density at radius 1 is 1.19 bits per heavy atom. The molecule has 0 aromatic heterocycles. The molecule has 3 aliphatic rings. The maximum Gasteiger partial charge on any atom is 0.410 e. The molecule has 3 unspecified atom stereocenters. The van der Waals surface area contributed by atoms with Crippen molar-refractivity contribution in [3.63, 3.8) is 0 Å². The summed E-state index contributed by atoms with van der Waals surface area (Å²) in [5, 5.41) is 5.74. The van der Waals surface area contributed by atoms with E-state index in [0.717, 1.165) is 24.8 Å². The lowest BCUT2D eigenvalue weighted by Crippen LogP contribution is -2.53. The molecular formula is C28H39N3O6. The van der Waals surface area contributed by atoms with Gasteiger partial charge in [-0.15, -0.1) is 0 Å². The summed E-state index contributed by atoms with van der Waals surface area (Å²) < 4.78 is 11.2. The van der Waals surface area contributed by atoms with Crippen molar-refractivity contribution < 1.29 is 28.7 Å². The normalized spacial score (nSPS) is 23.3. The first-order valence-corrected chi connectivity index (χ1v) is 13.3. The molecule has 2 N–H and O–H groups in total. The van der Waals surface area contributed by atoms with Crippen LogP contribution in [-0.2, 0) is 30.5 Å². The quantitative estimate of drug-likeness (QED) is 0.525. The van der Waals surface area contributed by atoms with E-state index in [2.05, 4.69) is 10.6 Å². The van der Waals surface area contributed by atoms with Gasteiger partial charge < -0.3 is 20.1 Å². The van der Waals surface area contributed by atoms with Crippen LogP contribution in [0.4, 0.5) is 4.79 Å². The number of hydrogen-bond donors (Lipinski definition) is 2. The van der Waals surface area contributed by atoms with E-state index in [4.69, 9.17) is 9.47 Å². The first-order valence-electron chi connectivity index (χ1n) is 13.3. The average molecular weight is 514 g/mol. The van der Waals surface area contributed by atoms with Gasteiger partial charge >= 0.3 is 6.09 Å². The Hall–Kier alpha value is -2.94. The van der Waals surface area contributed by atoms with Crippen LogP contribution in [0.1, 0.15) is 64.9 Å². The monoisotopic (exact) mass is 513 g/mol. The lowest BCUT2D eigenvalue weighted by atomic mass is 9.90. The number of Topliss-reactive ketones (excluding diaryl/α,β-unsaturated/α-hetero) is 1. The van der Waals surface area contributed by atoms with Gasteiger partial charge in [-0.3, -0.25) is 19.3 Å². The lowest BCUT2D eigenvalue weighted by Gasteiger charge is -2.30. The third kappa shape index (κ3) is 7.31. The highest BCUT2D eigenvalue weighted by molar-refractivity contribution is 5.93. The second kappa shape index (κ2) is 11.2. The Kier molecular flexibility index (Phi) is 8.21. The van der Waals surface area contributed by atoms with Crippen LogP contribution in [0.25, 0.3) is 0 Å². The summed E-state index contributed by atoms with van der Waals surface area (Å²) in [4.78, 5) is 53.6. The summed E-state index contributed by atoms with van der Waals surface area (Å²) in [6, 6.07) is 7.94. The van der Waals surface area contributed by atoms with Crippen LogP contribution in [0.2, 0.25) is 0 Å². The fraction of sp³-hybridized carbons (Fsp3) is 0.643. The highest BCUT2D eigenvalue weighted by Crippen LogP contribution is 2.55. The van der Waals surface area contributed by atoms with Gasteiger partial charge in [0, 0.05) is 19.0 Å². The van der Waals surface area contributed by atoms with Crippen molar-refractivity contribution in [1.29, 1.82) is 0 Å². The minimum atomic E-state index is -0.881. The van der Waals surface area contributed by atoms with Crippen LogP contribution in [-0.4, -0.2) is 66.0 Å². The number of nitrogens with one attached hydrogen (secondary N) is 2. The fourth-order valence-corrected chi connectivity index (χ4v) is 5.17. The minimum Gasteiger partial charge on any atom is -0.444 e. The van der Waals surface area contributed by atoms with Crippen LogP contribution in [0, 0.1) is 11.3 Å². The number of carbonyl (C=O) groups excluding carboxylic acids is 4. The molecule has 4 rings (SSSR count). The number of ether oxygens (including phenoxy) is 2. The molecule has 3 fully saturated rings. The lowest BCUT2D eigenvalue weighted by molar-refractivity contribution is -0.134. The third-order valence-electron chi connectivity index (χ3n) is 7.38. The molecule has 3 atom stereocenters. The molecule has 2 saturated heterocycles. The SMILES string of the molecule is CC(C)(C)OC(=O)N1CC2(CC2)CC1C(=O)NC(CC1CCCNC1=O)C(=O)COCc1ccccc1. The Morgan fingerprint density at radius 3 is 2.57 bits per heavy atom. The first-order chi connectivity index (χ1) is 17.6. The third-order valence-corrected chi connectivity index (χ3v) is 7.38. The van der Waals surface area contributed by atoms with E-state index in [0.29, 0.717) is 25.9 Å². The molecule has 37 heavy (non-hydrogen) atoms. The summed E-state index contributed by atoms with van der Waals surface area (Å²) in [6.07, 6.45) is 3.66. The number of ketones is 1. The molecule has 0 radical (unpaired) electrons. The summed E-state index contributed by atoms with van der Waals surface area (Å²) in [5.74, 6) is -1.13. The number of hydrogen-bond acceptors (Lipinski definition) is 6. The maximum atomic E-state index is 13.5. The standard InChI is InChI=1S/C28H39N3O6/c1-27(2,3)37-26(35)31-18-28(11-12-28)15-22(31)25(34)30-21(14-20-10-7-13-29-24(20)33)23(32)17-36-16-19-8-5-4-6-9-19/h4-6,8-9,20-22H,7,10-18H2,1-3H3,(H,29,33)(H,30,34). The van der Waals surface area contributed by atoms with Crippen molar-refractivity contribution in [3.05, 3.63) is 35.9 Å². The Balaban J connectivity index is 1.44. The average Bonchev–Trinajstić information content (AvgIpc) is 3.48. The van der Waals surface area contributed by atoms with Crippen LogP contribution >= 0.6 is 0 Å². The Morgan fingerprint density at radius 2 is 1.92 bits per heavy atom. The van der Waals surface area contributed by atoms with Crippen molar-refractivity contribution in [2.24, 2.45) is 11.3 Å². The van der Waals surface area contributed by atoms with Crippen molar-refractivity contribution >= 4 is 23.7 Å². The van der Waals surface area contributed by atoms with Crippen LogP contribution in [0.5, 0.6) is 0 Å². The van der Waals surface area contributed by atoms with Gasteiger partial charge in [-0.25, -0.2) is 4.79 Å². The summed E-state index contributed by atoms with van der Waals surface area (Å²) in [6.45, 7) is 6.57. The highest BCUT2D eigenvalue weighted by Gasteiger charge is 2.56. The van der Waals surface area contributed by atoms with Crippen molar-refractivity contribution in [1.82, 2.24) is 15.5 Å². The Bertz CT molecular complexity index is 1000. The molecular weight excluding hydrogens is 474 g/mol. The first kappa shape index (κ1) is 27.1. The van der Waals surface area contributed by atoms with Gasteiger partial charge in [0.25, 0.3) is 0 Å². The number of rotatable bonds is 9. The second-order valence-corrected chi connectivity index (χ2v) is 11.7. The topological polar surface area (TPSA) is 114 Å². The molecule has 9 heteroatoms. The molecule has 2 aliphatic heterocycles. The van der Waals surface area contributed by atoms with Gasteiger partial charge in [0.05, 0.1) is 12.6 Å². The van der Waals surface area contributed by atoms with E-state index in [9.17, 15) is 19.2 Å². The number of likely N-dealkylation sites (tertiary alicyclic amines) is 1. The zero-order valence-corrected chi connectivity index (χ0v) is 22.1. The van der Waals surface area contributed by atoms with Gasteiger partial charge in [0.2, 0.25) is 11.8 Å². The molecule has 1 spiro atoms. The number of carbonyl (C=O) groups is 4. The smallest absolute Gasteiger partial charge is 0.410 e. The molecule has 1 saturated carbocycles. The van der Waals surface area contributed by atoms with E-state index in [1.165, 1.54) is 4.90 Å². The van der Waals surface area contributed by atoms with E-state index >= 15 is 0 Å². The largest absolute Gasteiger partial charge is 0.444 e. The summed E-state index contributed by atoms with van der Waals surface area (Å²) in [5.41, 5.74) is 0.220. The van der Waals surface area contributed by atoms with E-state index in [-0.39, 0.29) is 48.6 Å². The molecule has 1 aliphatic carbocycles. The molecule has 1 aromatic rings. The second-order valence-electron chi connectivity index (χ2n) is 11.7. The van der Waals surface area contributed by atoms with Crippen LogP contribution in [0.3, 0.4) is 0 Å². The maximum absolute atomic E-state index is 13.5. The molecule has 0 bridgehead atoms. The number of piperidine rings is 1. The van der Waals surface area contributed by atoms with Gasteiger partial charge in [-0.05, 0) is 70.3 Å². The van der Waals surface area contributed by atoms with E-state index < -0.39 is 23.8 Å². The molecule has 3 amide bonds. The van der Waals surface area contributed by atoms with Crippen LogP contribution in [0.15, 0.2) is 30.3 Å². The van der Waals surface area contributed by atoms with Gasteiger partial charge in [0.1, 0.15) is 18.2 Å². The van der Waals surface area contributed by atoms with E-state index in [1.807, 2.05) is 30.3 Å². The number of amides is 3. The zero-order valence-electron chi connectivity index (χ0n) is 22.1. The van der Waals surface area contributed by atoms with Crippen molar-refractivity contribution in [3.8, 4) is 0 Å². The van der Waals surface area contributed by atoms with Crippen molar-refractivity contribution in [2.75, 3.05) is 19.7 Å². The molecule has 9 nitrogen and oxygen atoms in total. The predicted molar refractivity (Wildman–Crippen MR) is 136 cm³/mol. The van der Waals surface area contributed by atoms with Crippen molar-refractivity contribution in [2.45, 2.75) is 83.6 Å². The minimum absolute atomic E-state index is 0.0412. The highest BCUT2D eigenvalue weighted by atomic mass is 16.6. The molecule has 202 valence electrons. The van der Waals surface area contributed by atoms with Gasteiger partial charge in [0.15, 0.2) is 5.78 Å². The van der Waals surface area contributed by atoms with Gasteiger partial charge in [-0.1, -0.05) is 30.3 Å². The summed E-state index contributed by atoms with van der Waals surface area (Å²) >= 11 is 0.